The summed E-state index contributed by atoms with van der Waals surface area (Å²) >= 11 is 10.7. The molecule has 0 amide bonds. The van der Waals surface area contributed by atoms with Gasteiger partial charge in [-0.2, -0.15) is 0 Å². The summed E-state index contributed by atoms with van der Waals surface area (Å²) in [4.78, 5) is 10.1. The largest absolute Gasteiger partial charge is 0.362 e. The number of hydrogen-bond donors (Lipinski definition) is 2. The lowest BCUT2D eigenvalue weighted by Gasteiger charge is -2.09. The first-order valence-corrected chi connectivity index (χ1v) is 5.82. The van der Waals surface area contributed by atoms with E-state index in [4.69, 9.17) is 23.8 Å². The highest BCUT2D eigenvalue weighted by Crippen LogP contribution is 2.27. The van der Waals surface area contributed by atoms with Gasteiger partial charge in [-0.05, 0) is 30.8 Å². The predicted octanol–water partition coefficient (Wildman–Crippen LogP) is 2.94. The van der Waals surface area contributed by atoms with E-state index < -0.39 is 4.92 Å². The van der Waals surface area contributed by atoms with Crippen molar-refractivity contribution in [2.75, 3.05) is 11.9 Å². The van der Waals surface area contributed by atoms with Crippen LogP contribution in [0.3, 0.4) is 0 Å². The van der Waals surface area contributed by atoms with E-state index in [1.807, 2.05) is 6.92 Å². The molecule has 2 N–H and O–H groups in total. The molecule has 17 heavy (non-hydrogen) atoms. The summed E-state index contributed by atoms with van der Waals surface area (Å²) < 4.78 is 0. The topological polar surface area (TPSA) is 67.2 Å². The van der Waals surface area contributed by atoms with Gasteiger partial charge in [0, 0.05) is 18.3 Å². The van der Waals surface area contributed by atoms with Crippen LogP contribution in [0.1, 0.15) is 13.3 Å². The fourth-order valence-corrected chi connectivity index (χ4v) is 1.55. The second-order valence-electron chi connectivity index (χ2n) is 3.30. The van der Waals surface area contributed by atoms with Gasteiger partial charge in [-0.3, -0.25) is 10.1 Å². The molecule has 1 rings (SSSR count). The van der Waals surface area contributed by atoms with E-state index in [-0.39, 0.29) is 10.7 Å². The first-order chi connectivity index (χ1) is 8.04. The Bertz CT molecular complexity index is 440. The van der Waals surface area contributed by atoms with Crippen LogP contribution in [-0.2, 0) is 0 Å². The molecular weight excluding hydrogens is 262 g/mol. The zero-order chi connectivity index (χ0) is 12.8. The molecule has 0 unspecified atom stereocenters. The number of halogens is 1. The van der Waals surface area contributed by atoms with Crippen molar-refractivity contribution < 1.29 is 4.92 Å². The third kappa shape index (κ3) is 4.16. The van der Waals surface area contributed by atoms with Crippen molar-refractivity contribution in [2.45, 2.75) is 13.3 Å². The molecule has 0 heterocycles. The molecule has 0 aliphatic rings. The number of nitro benzene ring substituents is 1. The van der Waals surface area contributed by atoms with E-state index in [2.05, 4.69) is 10.6 Å². The number of rotatable bonds is 4. The zero-order valence-corrected chi connectivity index (χ0v) is 10.8. The number of hydrogen-bond acceptors (Lipinski definition) is 3. The molecule has 1 aromatic carbocycles. The first-order valence-electron chi connectivity index (χ1n) is 5.03. The number of nitrogens with zero attached hydrogens (tertiary/aromatic N) is 1. The van der Waals surface area contributed by atoms with Crippen molar-refractivity contribution >= 4 is 40.3 Å². The van der Waals surface area contributed by atoms with Crippen LogP contribution in [-0.4, -0.2) is 16.6 Å². The second-order valence-corrected chi connectivity index (χ2v) is 4.12. The molecule has 0 atom stereocenters. The summed E-state index contributed by atoms with van der Waals surface area (Å²) in [7, 11) is 0. The second kappa shape index (κ2) is 6.36. The van der Waals surface area contributed by atoms with Crippen LogP contribution < -0.4 is 10.6 Å². The van der Waals surface area contributed by atoms with Gasteiger partial charge in [0.25, 0.3) is 5.69 Å². The van der Waals surface area contributed by atoms with Gasteiger partial charge in [0.2, 0.25) is 0 Å². The molecule has 0 spiro atoms. The fraction of sp³-hybridized carbons (Fsp3) is 0.300. The number of anilines is 1. The van der Waals surface area contributed by atoms with Crippen LogP contribution in [0.5, 0.6) is 0 Å². The van der Waals surface area contributed by atoms with Gasteiger partial charge < -0.3 is 10.6 Å². The number of nitrogens with one attached hydrogen (secondary N) is 2. The van der Waals surface area contributed by atoms with Crippen molar-refractivity contribution in [1.29, 1.82) is 0 Å². The molecule has 0 bridgehead atoms. The van der Waals surface area contributed by atoms with Crippen LogP contribution in [0.15, 0.2) is 18.2 Å². The van der Waals surface area contributed by atoms with Gasteiger partial charge >= 0.3 is 0 Å². The molecule has 0 saturated carbocycles. The van der Waals surface area contributed by atoms with E-state index in [1.165, 1.54) is 12.1 Å². The summed E-state index contributed by atoms with van der Waals surface area (Å²) in [5.41, 5.74) is 0.393. The van der Waals surface area contributed by atoms with Crippen molar-refractivity contribution in [3.8, 4) is 0 Å². The van der Waals surface area contributed by atoms with Gasteiger partial charge in [0.15, 0.2) is 5.11 Å². The van der Waals surface area contributed by atoms with Crippen molar-refractivity contribution in [1.82, 2.24) is 5.32 Å². The summed E-state index contributed by atoms with van der Waals surface area (Å²) in [5.74, 6) is 0. The quantitative estimate of drug-likeness (QED) is 0.502. The summed E-state index contributed by atoms with van der Waals surface area (Å²) in [5, 5.41) is 17.0. The maximum absolute atomic E-state index is 10.7. The Morgan fingerprint density at radius 3 is 2.88 bits per heavy atom. The van der Waals surface area contributed by atoms with Crippen molar-refractivity contribution in [3.63, 3.8) is 0 Å². The van der Waals surface area contributed by atoms with Crippen LogP contribution >= 0.6 is 23.8 Å². The Labute approximate surface area is 109 Å². The van der Waals surface area contributed by atoms with Gasteiger partial charge in [0.05, 0.1) is 4.92 Å². The molecule has 92 valence electrons. The lowest BCUT2D eigenvalue weighted by atomic mass is 10.3. The minimum absolute atomic E-state index is 0.105. The smallest absolute Gasteiger partial charge is 0.289 e. The molecule has 0 aromatic heterocycles. The minimum atomic E-state index is -0.532. The van der Waals surface area contributed by atoms with Crippen LogP contribution in [0, 0.1) is 10.1 Å². The molecule has 5 nitrogen and oxygen atoms in total. The highest BCUT2D eigenvalue weighted by atomic mass is 35.5. The third-order valence-corrected chi connectivity index (χ3v) is 2.50. The Morgan fingerprint density at radius 2 is 2.29 bits per heavy atom. The van der Waals surface area contributed by atoms with Gasteiger partial charge in [0.1, 0.15) is 5.02 Å². The average molecular weight is 274 g/mol. The van der Waals surface area contributed by atoms with E-state index >= 15 is 0 Å². The molecule has 0 radical (unpaired) electrons. The Hall–Kier alpha value is -1.40. The van der Waals surface area contributed by atoms with E-state index in [0.29, 0.717) is 10.8 Å². The highest BCUT2D eigenvalue weighted by molar-refractivity contribution is 7.80. The van der Waals surface area contributed by atoms with Crippen LogP contribution in [0.2, 0.25) is 5.02 Å². The van der Waals surface area contributed by atoms with E-state index in [1.54, 1.807) is 6.07 Å². The monoisotopic (exact) mass is 273 g/mol. The molecule has 1 aromatic rings. The molecule has 0 aliphatic carbocycles. The molecule has 0 fully saturated rings. The van der Waals surface area contributed by atoms with Crippen molar-refractivity contribution in [2.24, 2.45) is 0 Å². The molecular formula is C10H12ClN3O2S. The van der Waals surface area contributed by atoms with Gasteiger partial charge in [-0.1, -0.05) is 18.5 Å². The fourth-order valence-electron chi connectivity index (χ4n) is 1.14. The van der Waals surface area contributed by atoms with Gasteiger partial charge in [-0.25, -0.2) is 0 Å². The Kier molecular flexibility index (Phi) is 5.11. The highest BCUT2D eigenvalue weighted by Gasteiger charge is 2.12. The lowest BCUT2D eigenvalue weighted by molar-refractivity contribution is -0.384. The summed E-state index contributed by atoms with van der Waals surface area (Å²) in [6.07, 6.45) is 0.947. The average Bonchev–Trinajstić information content (AvgIpc) is 2.28. The standard InChI is InChI=1S/C10H12ClN3O2S/c1-2-5-12-10(17)13-7-3-4-8(11)9(6-7)14(15)16/h3-4,6H,2,5H2,1H3,(H2,12,13,17). The number of thiocarbonyl (C=S) groups is 1. The molecule has 7 heteroatoms. The van der Waals surface area contributed by atoms with E-state index in [0.717, 1.165) is 13.0 Å². The third-order valence-electron chi connectivity index (χ3n) is 1.94. The van der Waals surface area contributed by atoms with Gasteiger partial charge in [-0.15, -0.1) is 0 Å². The summed E-state index contributed by atoms with van der Waals surface area (Å²) in [6, 6.07) is 4.45. The van der Waals surface area contributed by atoms with Crippen LogP contribution in [0.4, 0.5) is 11.4 Å². The normalized spacial score (nSPS) is 9.76. The number of nitro groups is 1. The Balaban J connectivity index is 2.75. The maximum atomic E-state index is 10.7. The first kappa shape index (κ1) is 13.7. The summed E-state index contributed by atoms with van der Waals surface area (Å²) in [6.45, 7) is 2.77. The predicted molar refractivity (Wildman–Crippen MR) is 72.6 cm³/mol. The van der Waals surface area contributed by atoms with E-state index in [9.17, 15) is 10.1 Å². The SMILES string of the molecule is CCCNC(=S)Nc1ccc(Cl)c([N+](=O)[O-])c1. The molecule has 0 aliphatic heterocycles. The lowest BCUT2D eigenvalue weighted by Crippen LogP contribution is -2.28. The Morgan fingerprint density at radius 1 is 1.59 bits per heavy atom. The van der Waals surface area contributed by atoms with Crippen LogP contribution in [0.25, 0.3) is 0 Å². The minimum Gasteiger partial charge on any atom is -0.362 e. The van der Waals surface area contributed by atoms with Crippen molar-refractivity contribution in [3.05, 3.63) is 33.3 Å². The number of benzene rings is 1. The molecule has 0 saturated heterocycles. The maximum Gasteiger partial charge on any atom is 0.289 e. The zero-order valence-electron chi connectivity index (χ0n) is 9.20.